The smallest absolute Gasteiger partial charge is 0.341 e. The molecule has 5 nitrogen and oxygen atoms in total. The molecular formula is C19H21N3O2. The van der Waals surface area contributed by atoms with Crippen molar-refractivity contribution in [1.29, 1.82) is 0 Å². The number of carbonyl (C=O) groups is 1. The van der Waals surface area contributed by atoms with Gasteiger partial charge in [-0.3, -0.25) is 0 Å². The van der Waals surface area contributed by atoms with E-state index in [1.807, 2.05) is 36.4 Å². The van der Waals surface area contributed by atoms with Crippen LogP contribution in [0, 0.1) is 5.92 Å². The first kappa shape index (κ1) is 16.2. The number of fused-ring (bicyclic) bond motifs is 1. The standard InChI is InChI=1S/C19H21N3O2/c1-4-24-19(23)15-12-20-18-11-16(14-8-6-5-7-9-14)21-22(18)17(15)10-13(2)3/h5-9,11-13H,4,10H2,1-3H3. The molecule has 24 heavy (non-hydrogen) atoms. The normalized spacial score (nSPS) is 11.2. The third kappa shape index (κ3) is 3.15. The molecule has 3 aromatic rings. The van der Waals surface area contributed by atoms with Crippen LogP contribution in [0.3, 0.4) is 0 Å². The van der Waals surface area contributed by atoms with E-state index in [0.717, 1.165) is 29.0 Å². The van der Waals surface area contributed by atoms with E-state index in [-0.39, 0.29) is 5.97 Å². The summed E-state index contributed by atoms with van der Waals surface area (Å²) in [6.07, 6.45) is 2.32. The second-order valence-electron chi connectivity index (χ2n) is 6.10. The summed E-state index contributed by atoms with van der Waals surface area (Å²) in [6, 6.07) is 11.9. The first-order chi connectivity index (χ1) is 11.6. The average molecular weight is 323 g/mol. The van der Waals surface area contributed by atoms with E-state index in [0.29, 0.717) is 18.1 Å². The third-order valence-electron chi connectivity index (χ3n) is 3.75. The van der Waals surface area contributed by atoms with Crippen LogP contribution in [0.25, 0.3) is 16.9 Å². The number of aromatic nitrogens is 3. The Hall–Kier alpha value is -2.69. The van der Waals surface area contributed by atoms with Gasteiger partial charge in [0.2, 0.25) is 0 Å². The minimum Gasteiger partial charge on any atom is -0.462 e. The molecule has 0 fully saturated rings. The molecule has 0 unspecified atom stereocenters. The van der Waals surface area contributed by atoms with Crippen molar-refractivity contribution in [3.63, 3.8) is 0 Å². The van der Waals surface area contributed by atoms with Gasteiger partial charge >= 0.3 is 5.97 Å². The SMILES string of the molecule is CCOC(=O)c1cnc2cc(-c3ccccc3)nn2c1CC(C)C. The van der Waals surface area contributed by atoms with Gasteiger partial charge in [0.1, 0.15) is 0 Å². The van der Waals surface area contributed by atoms with Crippen molar-refractivity contribution in [3.8, 4) is 11.3 Å². The van der Waals surface area contributed by atoms with Crippen LogP contribution in [0.2, 0.25) is 0 Å². The number of ether oxygens (including phenoxy) is 1. The molecule has 0 atom stereocenters. The third-order valence-corrected chi connectivity index (χ3v) is 3.75. The van der Waals surface area contributed by atoms with E-state index < -0.39 is 0 Å². The number of hydrogen-bond acceptors (Lipinski definition) is 4. The largest absolute Gasteiger partial charge is 0.462 e. The van der Waals surface area contributed by atoms with Gasteiger partial charge in [0.05, 0.1) is 23.6 Å². The lowest BCUT2D eigenvalue weighted by Gasteiger charge is -2.12. The number of rotatable bonds is 5. The van der Waals surface area contributed by atoms with Gasteiger partial charge in [-0.15, -0.1) is 0 Å². The first-order valence-corrected chi connectivity index (χ1v) is 8.20. The summed E-state index contributed by atoms with van der Waals surface area (Å²) in [6.45, 7) is 6.37. The van der Waals surface area contributed by atoms with Gasteiger partial charge in [-0.2, -0.15) is 5.10 Å². The fraction of sp³-hybridized carbons (Fsp3) is 0.316. The Morgan fingerprint density at radius 1 is 1.25 bits per heavy atom. The van der Waals surface area contributed by atoms with E-state index >= 15 is 0 Å². The highest BCUT2D eigenvalue weighted by atomic mass is 16.5. The van der Waals surface area contributed by atoms with Crippen molar-refractivity contribution >= 4 is 11.6 Å². The van der Waals surface area contributed by atoms with E-state index in [1.54, 1.807) is 17.6 Å². The quantitative estimate of drug-likeness (QED) is 0.671. The molecule has 3 rings (SSSR count). The summed E-state index contributed by atoms with van der Waals surface area (Å²) in [5.41, 5.74) is 3.93. The Labute approximate surface area is 141 Å². The molecular weight excluding hydrogens is 302 g/mol. The minimum atomic E-state index is -0.348. The topological polar surface area (TPSA) is 56.5 Å². The molecule has 0 aliphatic carbocycles. The molecule has 0 bridgehead atoms. The summed E-state index contributed by atoms with van der Waals surface area (Å²) in [7, 11) is 0. The summed E-state index contributed by atoms with van der Waals surface area (Å²) >= 11 is 0. The van der Waals surface area contributed by atoms with Crippen molar-refractivity contribution in [2.24, 2.45) is 5.92 Å². The predicted molar refractivity (Wildman–Crippen MR) is 92.9 cm³/mol. The van der Waals surface area contributed by atoms with Crippen LogP contribution in [0.4, 0.5) is 0 Å². The second kappa shape index (κ2) is 6.83. The lowest BCUT2D eigenvalue weighted by molar-refractivity contribution is 0.0523. The van der Waals surface area contributed by atoms with Crippen molar-refractivity contribution in [2.75, 3.05) is 6.61 Å². The van der Waals surface area contributed by atoms with Crippen molar-refractivity contribution in [1.82, 2.24) is 14.6 Å². The predicted octanol–water partition coefficient (Wildman–Crippen LogP) is 3.77. The zero-order chi connectivity index (χ0) is 17.1. The van der Waals surface area contributed by atoms with Crippen LogP contribution < -0.4 is 0 Å². The first-order valence-electron chi connectivity index (χ1n) is 8.20. The number of esters is 1. The monoisotopic (exact) mass is 323 g/mol. The Morgan fingerprint density at radius 2 is 2.00 bits per heavy atom. The summed E-state index contributed by atoms with van der Waals surface area (Å²) in [5, 5.41) is 4.69. The van der Waals surface area contributed by atoms with Crippen LogP contribution >= 0.6 is 0 Å². The second-order valence-corrected chi connectivity index (χ2v) is 6.10. The lowest BCUT2D eigenvalue weighted by Crippen LogP contribution is -2.15. The van der Waals surface area contributed by atoms with Gasteiger partial charge < -0.3 is 4.74 Å². The van der Waals surface area contributed by atoms with Crippen molar-refractivity contribution in [2.45, 2.75) is 27.2 Å². The Kier molecular flexibility index (Phi) is 4.60. The molecule has 0 amide bonds. The molecule has 5 heteroatoms. The number of benzene rings is 1. The molecule has 1 aromatic carbocycles. The molecule has 124 valence electrons. The fourth-order valence-corrected chi connectivity index (χ4v) is 2.69. The molecule has 0 saturated heterocycles. The maximum Gasteiger partial charge on any atom is 0.341 e. The van der Waals surface area contributed by atoms with Gasteiger partial charge in [0, 0.05) is 17.8 Å². The zero-order valence-electron chi connectivity index (χ0n) is 14.2. The van der Waals surface area contributed by atoms with Crippen molar-refractivity contribution < 1.29 is 9.53 Å². The van der Waals surface area contributed by atoms with Gasteiger partial charge in [0.15, 0.2) is 5.65 Å². The molecule has 0 spiro atoms. The highest BCUT2D eigenvalue weighted by molar-refractivity contribution is 5.90. The van der Waals surface area contributed by atoms with Gasteiger partial charge in [-0.1, -0.05) is 44.2 Å². The Bertz CT molecular complexity index is 854. The molecule has 2 aromatic heterocycles. The lowest BCUT2D eigenvalue weighted by atomic mass is 10.0. The summed E-state index contributed by atoms with van der Waals surface area (Å²) in [5.74, 6) is 0.0347. The fourth-order valence-electron chi connectivity index (χ4n) is 2.69. The average Bonchev–Trinajstić information content (AvgIpc) is 3.00. The highest BCUT2D eigenvalue weighted by Crippen LogP contribution is 2.22. The number of nitrogens with zero attached hydrogens (tertiary/aromatic N) is 3. The van der Waals surface area contributed by atoms with E-state index in [9.17, 15) is 4.79 Å². The van der Waals surface area contributed by atoms with Gasteiger partial charge in [0.25, 0.3) is 0 Å². The Balaban J connectivity index is 2.15. The van der Waals surface area contributed by atoms with Crippen LogP contribution in [0.5, 0.6) is 0 Å². The highest BCUT2D eigenvalue weighted by Gasteiger charge is 2.19. The zero-order valence-corrected chi connectivity index (χ0v) is 14.2. The van der Waals surface area contributed by atoms with Gasteiger partial charge in [-0.25, -0.2) is 14.3 Å². The van der Waals surface area contributed by atoms with Gasteiger partial charge in [-0.05, 0) is 19.3 Å². The maximum absolute atomic E-state index is 12.3. The number of hydrogen-bond donors (Lipinski definition) is 0. The molecule has 0 saturated carbocycles. The Morgan fingerprint density at radius 3 is 2.67 bits per heavy atom. The molecule has 0 radical (unpaired) electrons. The van der Waals surface area contributed by atoms with E-state index in [2.05, 4.69) is 23.9 Å². The maximum atomic E-state index is 12.3. The van der Waals surface area contributed by atoms with Crippen molar-refractivity contribution in [3.05, 3.63) is 53.9 Å². The molecule has 2 heterocycles. The van der Waals surface area contributed by atoms with E-state index in [4.69, 9.17) is 4.74 Å². The van der Waals surface area contributed by atoms with Crippen LogP contribution in [0.15, 0.2) is 42.6 Å². The van der Waals surface area contributed by atoms with Crippen LogP contribution in [0.1, 0.15) is 36.8 Å². The minimum absolute atomic E-state index is 0.340. The molecule has 0 aliphatic rings. The molecule has 0 aliphatic heterocycles. The van der Waals surface area contributed by atoms with E-state index in [1.165, 1.54) is 0 Å². The summed E-state index contributed by atoms with van der Waals surface area (Å²) in [4.78, 5) is 16.7. The van der Waals surface area contributed by atoms with Crippen LogP contribution in [-0.4, -0.2) is 27.2 Å². The van der Waals surface area contributed by atoms with Crippen LogP contribution in [-0.2, 0) is 11.2 Å². The molecule has 0 N–H and O–H groups in total. The number of carbonyl (C=O) groups excluding carboxylic acids is 1. The summed E-state index contributed by atoms with van der Waals surface area (Å²) < 4.78 is 6.94.